The SMILES string of the molecule is C1#C[Se]CC[Se]C#CCCCCC1. The zero-order valence-corrected chi connectivity index (χ0v) is 11.2. The molecular weight excluding hydrogens is 290 g/mol. The second-order valence-corrected chi connectivity index (χ2v) is 6.60. The molecule has 0 aromatic rings. The predicted octanol–water partition coefficient (Wildman–Crippen LogP) is 2.12. The second-order valence-electron chi connectivity index (χ2n) is 2.82. The van der Waals surface area contributed by atoms with Crippen LogP contribution < -0.4 is 0 Å². The van der Waals surface area contributed by atoms with Crippen molar-refractivity contribution in [2.45, 2.75) is 42.7 Å². The zero-order valence-electron chi connectivity index (χ0n) is 7.77. The molecule has 0 amide bonds. The Balaban J connectivity index is 2.25. The van der Waals surface area contributed by atoms with E-state index in [4.69, 9.17) is 0 Å². The Morgan fingerprint density at radius 3 is 1.77 bits per heavy atom. The topological polar surface area (TPSA) is 0 Å². The van der Waals surface area contributed by atoms with Crippen molar-refractivity contribution in [3.8, 4) is 21.5 Å². The van der Waals surface area contributed by atoms with Gasteiger partial charge in [0.25, 0.3) is 0 Å². The molecule has 0 saturated heterocycles. The maximum absolute atomic E-state index is 3.30. The molecule has 0 radical (unpaired) electrons. The average molecular weight is 304 g/mol. The average Bonchev–Trinajstić information content (AvgIpc) is 2.18. The molecule has 0 aromatic heterocycles. The summed E-state index contributed by atoms with van der Waals surface area (Å²) in [4.78, 5) is 6.60. The van der Waals surface area contributed by atoms with Gasteiger partial charge in [0.15, 0.2) is 0 Å². The molecule has 1 aliphatic heterocycles. The van der Waals surface area contributed by atoms with E-state index in [0.717, 1.165) is 12.8 Å². The summed E-state index contributed by atoms with van der Waals surface area (Å²) in [7, 11) is 0. The fourth-order valence-corrected chi connectivity index (χ4v) is 4.44. The molecule has 0 atom stereocenters. The van der Waals surface area contributed by atoms with Crippen molar-refractivity contribution in [1.29, 1.82) is 0 Å². The van der Waals surface area contributed by atoms with E-state index in [0.29, 0.717) is 29.9 Å². The first kappa shape index (κ1) is 11.2. The van der Waals surface area contributed by atoms with Crippen LogP contribution in [0.3, 0.4) is 0 Å². The van der Waals surface area contributed by atoms with Crippen LogP contribution in [0.15, 0.2) is 0 Å². The quantitative estimate of drug-likeness (QED) is 0.475. The van der Waals surface area contributed by atoms with Crippen LogP contribution in [-0.2, 0) is 0 Å². The van der Waals surface area contributed by atoms with Gasteiger partial charge >= 0.3 is 94.1 Å². The standard InChI is InChI=1S/C11H14Se2/c1-2-4-6-8-12-10-11-13-9-7-5-3-1/h1-5,10-11H2. The molecule has 0 unspecified atom stereocenters. The third-order valence-corrected chi connectivity index (χ3v) is 5.91. The Morgan fingerprint density at radius 2 is 1.23 bits per heavy atom. The van der Waals surface area contributed by atoms with E-state index >= 15 is 0 Å². The molecule has 1 aliphatic rings. The monoisotopic (exact) mass is 306 g/mol. The summed E-state index contributed by atoms with van der Waals surface area (Å²) in [5.74, 6) is 6.54. The molecule has 0 bridgehead atoms. The first-order valence-corrected chi connectivity index (χ1v) is 8.83. The van der Waals surface area contributed by atoms with Gasteiger partial charge in [-0.3, -0.25) is 0 Å². The van der Waals surface area contributed by atoms with Gasteiger partial charge in [0.05, 0.1) is 0 Å². The molecule has 0 spiro atoms. The van der Waals surface area contributed by atoms with Crippen molar-refractivity contribution in [2.24, 2.45) is 0 Å². The van der Waals surface area contributed by atoms with Gasteiger partial charge in [-0.2, -0.15) is 0 Å². The van der Waals surface area contributed by atoms with Crippen molar-refractivity contribution >= 4 is 29.9 Å². The molecule has 0 fully saturated rings. The summed E-state index contributed by atoms with van der Waals surface area (Å²) in [5, 5.41) is 2.63. The van der Waals surface area contributed by atoms with Gasteiger partial charge in [-0.25, -0.2) is 0 Å². The predicted molar refractivity (Wildman–Crippen MR) is 59.8 cm³/mol. The summed E-state index contributed by atoms with van der Waals surface area (Å²) in [6.45, 7) is 0. The van der Waals surface area contributed by atoms with Crippen LogP contribution in [0.4, 0.5) is 0 Å². The summed E-state index contributed by atoms with van der Waals surface area (Å²) in [6, 6.07) is 0. The van der Waals surface area contributed by atoms with Crippen LogP contribution in [-0.4, -0.2) is 29.9 Å². The molecule has 0 saturated carbocycles. The summed E-state index contributed by atoms with van der Waals surface area (Å²) in [6.07, 6.45) is 6.08. The second kappa shape index (κ2) is 8.74. The Labute approximate surface area is 93.9 Å². The zero-order chi connectivity index (χ0) is 9.19. The molecule has 70 valence electrons. The van der Waals surface area contributed by atoms with E-state index in [9.17, 15) is 0 Å². The van der Waals surface area contributed by atoms with Gasteiger partial charge in [0.1, 0.15) is 0 Å². The van der Waals surface area contributed by atoms with Gasteiger partial charge in [-0.1, -0.05) is 0 Å². The molecule has 0 aliphatic carbocycles. The molecule has 2 heteroatoms. The first-order chi connectivity index (χ1) is 6.50. The van der Waals surface area contributed by atoms with Crippen molar-refractivity contribution in [2.75, 3.05) is 0 Å². The minimum absolute atomic E-state index is 0.581. The van der Waals surface area contributed by atoms with E-state index in [1.54, 1.807) is 0 Å². The third kappa shape index (κ3) is 7.25. The molecule has 0 N–H and O–H groups in total. The van der Waals surface area contributed by atoms with Crippen LogP contribution in [0.5, 0.6) is 0 Å². The Morgan fingerprint density at radius 1 is 0.692 bits per heavy atom. The van der Waals surface area contributed by atoms with Gasteiger partial charge in [0, 0.05) is 0 Å². The number of rotatable bonds is 0. The van der Waals surface area contributed by atoms with Crippen molar-refractivity contribution in [3.63, 3.8) is 0 Å². The van der Waals surface area contributed by atoms with Gasteiger partial charge < -0.3 is 0 Å². The molecule has 1 heterocycles. The van der Waals surface area contributed by atoms with Crippen LogP contribution in [0.2, 0.25) is 10.6 Å². The fraction of sp³-hybridized carbons (Fsp3) is 0.636. The molecular formula is C11H14Se2. The van der Waals surface area contributed by atoms with E-state index in [2.05, 4.69) is 21.5 Å². The maximum atomic E-state index is 3.30. The van der Waals surface area contributed by atoms with E-state index < -0.39 is 0 Å². The van der Waals surface area contributed by atoms with E-state index in [1.807, 2.05) is 0 Å². The van der Waals surface area contributed by atoms with E-state index in [-0.39, 0.29) is 0 Å². The van der Waals surface area contributed by atoms with Crippen LogP contribution in [0.1, 0.15) is 32.1 Å². The molecule has 1 rings (SSSR count). The van der Waals surface area contributed by atoms with Gasteiger partial charge in [-0.05, 0) is 0 Å². The van der Waals surface area contributed by atoms with Crippen molar-refractivity contribution in [1.82, 2.24) is 0 Å². The molecule has 13 heavy (non-hydrogen) atoms. The summed E-state index contributed by atoms with van der Waals surface area (Å²) in [5.41, 5.74) is 0. The summed E-state index contributed by atoms with van der Waals surface area (Å²) < 4.78 is 0. The Kier molecular flexibility index (Phi) is 7.56. The van der Waals surface area contributed by atoms with E-state index in [1.165, 1.54) is 29.9 Å². The van der Waals surface area contributed by atoms with Crippen molar-refractivity contribution in [3.05, 3.63) is 0 Å². The Bertz CT molecular complexity index is 210. The van der Waals surface area contributed by atoms with Crippen LogP contribution in [0, 0.1) is 21.5 Å². The fourth-order valence-electron chi connectivity index (χ4n) is 0.993. The van der Waals surface area contributed by atoms with Crippen molar-refractivity contribution < 1.29 is 0 Å². The third-order valence-electron chi connectivity index (χ3n) is 1.68. The van der Waals surface area contributed by atoms with Gasteiger partial charge in [0.2, 0.25) is 0 Å². The minimum atomic E-state index is 0.581. The number of hydrogen-bond donors (Lipinski definition) is 0. The molecule has 0 aromatic carbocycles. The number of hydrogen-bond acceptors (Lipinski definition) is 0. The van der Waals surface area contributed by atoms with Gasteiger partial charge in [-0.15, -0.1) is 0 Å². The first-order valence-electron chi connectivity index (χ1n) is 4.69. The Hall–Kier alpha value is 0.159. The normalized spacial score (nSPS) is 19.1. The van der Waals surface area contributed by atoms with Crippen LogP contribution in [0.25, 0.3) is 0 Å². The van der Waals surface area contributed by atoms with Crippen LogP contribution >= 0.6 is 0 Å². The summed E-state index contributed by atoms with van der Waals surface area (Å²) >= 11 is 1.16. The molecule has 0 nitrogen and oxygen atoms in total.